The van der Waals surface area contributed by atoms with Crippen molar-refractivity contribution in [1.29, 1.82) is 0 Å². The third-order valence-electron chi connectivity index (χ3n) is 3.39. The third kappa shape index (κ3) is 2.65. The van der Waals surface area contributed by atoms with E-state index in [0.717, 1.165) is 21.5 Å². The summed E-state index contributed by atoms with van der Waals surface area (Å²) >= 11 is 1.64. The van der Waals surface area contributed by atoms with Gasteiger partial charge in [0.15, 0.2) is 0 Å². The maximum Gasteiger partial charge on any atom is 0.148 e. The minimum atomic E-state index is -0.447. The van der Waals surface area contributed by atoms with Crippen LogP contribution in [-0.2, 0) is 0 Å². The lowest BCUT2D eigenvalue weighted by molar-refractivity contribution is 0.633. The van der Waals surface area contributed by atoms with Crippen LogP contribution in [0.5, 0.6) is 0 Å². The number of nitrogen functional groups attached to an aromatic ring is 2. The van der Waals surface area contributed by atoms with Crippen LogP contribution in [0.25, 0.3) is 10.9 Å². The van der Waals surface area contributed by atoms with E-state index in [9.17, 15) is 4.39 Å². The minimum absolute atomic E-state index is 0.229. The van der Waals surface area contributed by atoms with Gasteiger partial charge in [0, 0.05) is 28.2 Å². The molecular weight excluding hydrogens is 299 g/mol. The molecule has 1 heterocycles. The lowest BCUT2D eigenvalue weighted by Gasteiger charge is -2.12. The van der Waals surface area contributed by atoms with Crippen molar-refractivity contribution >= 4 is 45.4 Å². The summed E-state index contributed by atoms with van der Waals surface area (Å²) in [5.74, 6) is -0.447. The zero-order valence-corrected chi connectivity index (χ0v) is 12.7. The van der Waals surface area contributed by atoms with Crippen LogP contribution in [0.15, 0.2) is 47.5 Å². The van der Waals surface area contributed by atoms with Gasteiger partial charge >= 0.3 is 0 Å². The van der Waals surface area contributed by atoms with E-state index in [2.05, 4.69) is 10.3 Å². The summed E-state index contributed by atoms with van der Waals surface area (Å²) in [5.41, 5.74) is 13.8. The van der Waals surface area contributed by atoms with Gasteiger partial charge in [0.2, 0.25) is 0 Å². The summed E-state index contributed by atoms with van der Waals surface area (Å²) in [4.78, 5) is 5.44. The van der Waals surface area contributed by atoms with Crippen molar-refractivity contribution in [2.24, 2.45) is 0 Å². The average molecular weight is 314 g/mol. The molecule has 5 N–H and O–H groups in total. The predicted octanol–water partition coefficient (Wildman–Crippen LogP) is 4.00. The number of thioether (sulfide) groups is 1. The van der Waals surface area contributed by atoms with E-state index in [4.69, 9.17) is 11.5 Å². The van der Waals surface area contributed by atoms with E-state index in [0.29, 0.717) is 5.69 Å². The van der Waals surface area contributed by atoms with E-state index < -0.39 is 5.82 Å². The highest BCUT2D eigenvalue weighted by Gasteiger charge is 2.09. The van der Waals surface area contributed by atoms with Gasteiger partial charge in [0.1, 0.15) is 5.82 Å². The Hall–Kier alpha value is -2.47. The molecule has 0 radical (unpaired) electrons. The number of hydrogen-bond acceptors (Lipinski definition) is 5. The number of hydrogen-bond donors (Lipinski definition) is 3. The second-order valence-electron chi connectivity index (χ2n) is 4.83. The fourth-order valence-corrected chi connectivity index (χ4v) is 2.65. The molecule has 112 valence electrons. The van der Waals surface area contributed by atoms with Crippen molar-refractivity contribution in [3.63, 3.8) is 0 Å². The fourth-order valence-electron chi connectivity index (χ4n) is 2.21. The van der Waals surface area contributed by atoms with Crippen LogP contribution in [0.3, 0.4) is 0 Å². The molecule has 0 unspecified atom stereocenters. The lowest BCUT2D eigenvalue weighted by Crippen LogP contribution is -2.00. The van der Waals surface area contributed by atoms with Gasteiger partial charge in [-0.15, -0.1) is 11.8 Å². The van der Waals surface area contributed by atoms with E-state index >= 15 is 0 Å². The van der Waals surface area contributed by atoms with Gasteiger partial charge in [-0.05, 0) is 36.6 Å². The Kier molecular flexibility index (Phi) is 3.77. The molecule has 0 aliphatic carbocycles. The molecule has 3 aromatic rings. The van der Waals surface area contributed by atoms with Crippen LogP contribution < -0.4 is 16.8 Å². The highest BCUT2D eigenvalue weighted by molar-refractivity contribution is 7.98. The first-order valence-electron chi connectivity index (χ1n) is 6.63. The number of halogens is 1. The number of anilines is 4. The fraction of sp³-hybridized carbons (Fsp3) is 0.0625. The molecule has 0 fully saturated rings. The topological polar surface area (TPSA) is 77.0 Å². The van der Waals surface area contributed by atoms with Crippen LogP contribution in [0.4, 0.5) is 27.1 Å². The number of benzene rings is 2. The molecule has 0 saturated carbocycles. The van der Waals surface area contributed by atoms with Crippen molar-refractivity contribution < 1.29 is 4.39 Å². The standard InChI is InChI=1S/C16H15FN4S/c1-22-9-2-3-14-10(6-9)15(4-5-20-14)21-16-8-13(19)12(18)7-11(16)17/h2-8H,18-19H2,1H3,(H,20,21). The molecule has 2 aromatic carbocycles. The number of nitrogens with two attached hydrogens (primary N) is 2. The summed E-state index contributed by atoms with van der Waals surface area (Å²) < 4.78 is 14.0. The molecule has 0 aliphatic rings. The Bertz CT molecular complexity index is 851. The zero-order chi connectivity index (χ0) is 15.7. The Balaban J connectivity index is 2.09. The van der Waals surface area contributed by atoms with Gasteiger partial charge in [-0.3, -0.25) is 4.98 Å². The second-order valence-corrected chi connectivity index (χ2v) is 5.71. The maximum absolute atomic E-state index is 14.0. The summed E-state index contributed by atoms with van der Waals surface area (Å²) in [6.07, 6.45) is 3.69. The van der Waals surface area contributed by atoms with Gasteiger partial charge in [-0.1, -0.05) is 0 Å². The number of rotatable bonds is 3. The molecule has 6 heteroatoms. The quantitative estimate of drug-likeness (QED) is 0.503. The summed E-state index contributed by atoms with van der Waals surface area (Å²) in [5, 5.41) is 4.00. The summed E-state index contributed by atoms with van der Waals surface area (Å²) in [6, 6.07) is 10.5. The van der Waals surface area contributed by atoms with Crippen LogP contribution in [0.1, 0.15) is 0 Å². The van der Waals surface area contributed by atoms with E-state index in [1.165, 1.54) is 12.1 Å². The number of nitrogens with zero attached hydrogens (tertiary/aromatic N) is 1. The van der Waals surface area contributed by atoms with Crippen molar-refractivity contribution in [2.45, 2.75) is 4.90 Å². The molecule has 22 heavy (non-hydrogen) atoms. The molecule has 0 saturated heterocycles. The van der Waals surface area contributed by atoms with E-state index in [1.54, 1.807) is 24.0 Å². The highest BCUT2D eigenvalue weighted by Crippen LogP contribution is 2.31. The third-order valence-corrected chi connectivity index (χ3v) is 4.12. The van der Waals surface area contributed by atoms with E-state index in [1.807, 2.05) is 24.5 Å². The molecule has 0 atom stereocenters. The molecule has 4 nitrogen and oxygen atoms in total. The first-order chi connectivity index (χ1) is 10.6. The van der Waals surface area contributed by atoms with Crippen molar-refractivity contribution in [2.75, 3.05) is 23.0 Å². The summed E-state index contributed by atoms with van der Waals surface area (Å²) in [7, 11) is 0. The van der Waals surface area contributed by atoms with E-state index in [-0.39, 0.29) is 11.4 Å². The Labute approximate surface area is 131 Å². The molecule has 3 rings (SSSR count). The van der Waals surface area contributed by atoms with Gasteiger partial charge in [0.25, 0.3) is 0 Å². The van der Waals surface area contributed by atoms with Crippen LogP contribution in [0.2, 0.25) is 0 Å². The number of nitrogens with one attached hydrogen (secondary N) is 1. The first-order valence-corrected chi connectivity index (χ1v) is 7.85. The van der Waals surface area contributed by atoms with Gasteiger partial charge in [-0.25, -0.2) is 4.39 Å². The van der Waals surface area contributed by atoms with Crippen molar-refractivity contribution in [1.82, 2.24) is 4.98 Å². The van der Waals surface area contributed by atoms with Crippen molar-refractivity contribution in [3.05, 3.63) is 48.4 Å². The average Bonchev–Trinajstić information content (AvgIpc) is 2.52. The largest absolute Gasteiger partial charge is 0.397 e. The van der Waals surface area contributed by atoms with Crippen molar-refractivity contribution in [3.8, 4) is 0 Å². The number of aromatic nitrogens is 1. The monoisotopic (exact) mass is 314 g/mol. The first kappa shape index (κ1) is 14.5. The number of pyridine rings is 1. The molecule has 0 spiro atoms. The van der Waals surface area contributed by atoms with Gasteiger partial charge in [0.05, 0.1) is 22.6 Å². The SMILES string of the molecule is CSc1ccc2nccc(Nc3cc(N)c(N)cc3F)c2c1. The van der Waals surface area contributed by atoms with Gasteiger partial charge < -0.3 is 16.8 Å². The van der Waals surface area contributed by atoms with Crippen LogP contribution in [0, 0.1) is 5.82 Å². The smallest absolute Gasteiger partial charge is 0.148 e. The maximum atomic E-state index is 14.0. The molecule has 0 aliphatic heterocycles. The van der Waals surface area contributed by atoms with Crippen LogP contribution in [-0.4, -0.2) is 11.2 Å². The normalized spacial score (nSPS) is 10.8. The highest BCUT2D eigenvalue weighted by atomic mass is 32.2. The zero-order valence-electron chi connectivity index (χ0n) is 11.9. The molecule has 1 aromatic heterocycles. The Morgan fingerprint density at radius 2 is 1.82 bits per heavy atom. The Morgan fingerprint density at radius 3 is 2.59 bits per heavy atom. The Morgan fingerprint density at radius 1 is 1.05 bits per heavy atom. The summed E-state index contributed by atoms with van der Waals surface area (Å²) in [6.45, 7) is 0. The van der Waals surface area contributed by atoms with Gasteiger partial charge in [-0.2, -0.15) is 0 Å². The van der Waals surface area contributed by atoms with Crippen LogP contribution >= 0.6 is 11.8 Å². The molecule has 0 bridgehead atoms. The number of fused-ring (bicyclic) bond motifs is 1. The second kappa shape index (κ2) is 5.73. The lowest BCUT2D eigenvalue weighted by atomic mass is 10.1. The molecular formula is C16H15FN4S. The minimum Gasteiger partial charge on any atom is -0.397 e. The predicted molar refractivity (Wildman–Crippen MR) is 92.0 cm³/mol. The molecule has 0 amide bonds.